The van der Waals surface area contributed by atoms with Crippen molar-refractivity contribution >= 4 is 34.0 Å². The van der Waals surface area contributed by atoms with Crippen LogP contribution in [0.15, 0.2) is 24.3 Å². The zero-order valence-corrected chi connectivity index (χ0v) is 12.2. The normalized spacial score (nSPS) is 16.9. The fraction of sp³-hybridized carbons (Fsp3) is 0.286. The molecule has 1 aromatic heterocycles. The smallest absolute Gasteiger partial charge is 0.312 e. The molecule has 0 saturated heterocycles. The quantitative estimate of drug-likeness (QED) is 0.907. The number of hydrogen-bond donors (Lipinski definition) is 2. The summed E-state index contributed by atoms with van der Waals surface area (Å²) in [6.07, 6.45) is 1.46. The first kappa shape index (κ1) is 13.4. The van der Waals surface area contributed by atoms with Gasteiger partial charge in [0.15, 0.2) is 5.13 Å². The van der Waals surface area contributed by atoms with Crippen molar-refractivity contribution in [1.82, 2.24) is 4.98 Å². The molecule has 3 rings (SSSR count). The van der Waals surface area contributed by atoms with Gasteiger partial charge in [-0.1, -0.05) is 29.8 Å². The van der Waals surface area contributed by atoms with E-state index in [2.05, 4.69) is 10.3 Å². The molecular formula is C14H13ClN2O2S. The van der Waals surface area contributed by atoms with Gasteiger partial charge in [-0.25, -0.2) is 4.98 Å². The second-order valence-corrected chi connectivity index (χ2v) is 6.19. The number of carboxylic acid groups (broad SMARTS) is 1. The number of hydrogen-bond acceptors (Lipinski definition) is 4. The largest absolute Gasteiger partial charge is 0.481 e. The van der Waals surface area contributed by atoms with Crippen LogP contribution in [0.2, 0.25) is 5.02 Å². The lowest BCUT2D eigenvalue weighted by atomic mass is 10.1. The molecule has 2 aromatic rings. The lowest BCUT2D eigenvalue weighted by molar-refractivity contribution is -0.138. The average Bonchev–Trinajstić information content (AvgIpc) is 2.96. The number of anilines is 1. The highest BCUT2D eigenvalue weighted by Gasteiger charge is 2.32. The molecule has 0 fully saturated rings. The molecule has 6 heteroatoms. The second-order valence-electron chi connectivity index (χ2n) is 4.70. The summed E-state index contributed by atoms with van der Waals surface area (Å²) in [5, 5.41) is 13.8. The maximum absolute atomic E-state index is 11.1. The minimum absolute atomic E-state index is 0.447. The molecule has 2 N–H and O–H groups in total. The first-order valence-corrected chi connectivity index (χ1v) is 7.54. The predicted octanol–water partition coefficient (Wildman–Crippen LogP) is 3.52. The molecule has 0 radical (unpaired) electrons. The molecule has 0 saturated carbocycles. The van der Waals surface area contributed by atoms with Crippen molar-refractivity contribution in [2.75, 3.05) is 5.32 Å². The molecule has 1 unspecified atom stereocenters. The third-order valence-electron chi connectivity index (χ3n) is 3.40. The van der Waals surface area contributed by atoms with Crippen LogP contribution >= 0.6 is 22.9 Å². The van der Waals surface area contributed by atoms with Gasteiger partial charge >= 0.3 is 5.97 Å². The number of nitrogens with zero attached hydrogens (tertiary/aromatic N) is 1. The van der Waals surface area contributed by atoms with Crippen molar-refractivity contribution < 1.29 is 9.90 Å². The van der Waals surface area contributed by atoms with Gasteiger partial charge in [0.25, 0.3) is 0 Å². The Bertz CT molecular complexity index is 656. The Balaban J connectivity index is 1.73. The Hall–Kier alpha value is -1.59. The van der Waals surface area contributed by atoms with Crippen LogP contribution in [0.25, 0.3) is 0 Å². The maximum atomic E-state index is 11.1. The van der Waals surface area contributed by atoms with Gasteiger partial charge in [-0.15, -0.1) is 11.3 Å². The van der Waals surface area contributed by atoms with Crippen LogP contribution in [-0.2, 0) is 17.8 Å². The fourth-order valence-corrected chi connectivity index (χ4v) is 3.59. The molecule has 1 aromatic carbocycles. The van der Waals surface area contributed by atoms with Gasteiger partial charge in [0.1, 0.15) is 5.92 Å². The number of aryl methyl sites for hydroxylation is 1. The Labute approximate surface area is 125 Å². The van der Waals surface area contributed by atoms with E-state index in [9.17, 15) is 4.79 Å². The van der Waals surface area contributed by atoms with Gasteiger partial charge < -0.3 is 10.4 Å². The second kappa shape index (κ2) is 5.42. The Kier molecular flexibility index (Phi) is 3.63. The molecule has 0 amide bonds. The van der Waals surface area contributed by atoms with E-state index in [1.54, 1.807) is 0 Å². The Morgan fingerprint density at radius 1 is 1.50 bits per heavy atom. The van der Waals surface area contributed by atoms with Gasteiger partial charge in [0, 0.05) is 16.4 Å². The van der Waals surface area contributed by atoms with E-state index in [1.165, 1.54) is 11.3 Å². The number of carboxylic acids is 1. The topological polar surface area (TPSA) is 62.2 Å². The number of aromatic nitrogens is 1. The number of nitrogens with one attached hydrogen (secondary N) is 1. The molecule has 1 aliphatic carbocycles. The van der Waals surface area contributed by atoms with Gasteiger partial charge in [0.2, 0.25) is 0 Å². The number of carbonyl (C=O) groups is 1. The van der Waals surface area contributed by atoms with E-state index >= 15 is 0 Å². The van der Waals surface area contributed by atoms with E-state index in [0.29, 0.717) is 18.0 Å². The molecule has 20 heavy (non-hydrogen) atoms. The third-order valence-corrected chi connectivity index (χ3v) is 4.86. The van der Waals surface area contributed by atoms with Crippen molar-refractivity contribution in [3.8, 4) is 0 Å². The average molecular weight is 309 g/mol. The molecule has 1 atom stereocenters. The minimum Gasteiger partial charge on any atom is -0.481 e. The monoisotopic (exact) mass is 308 g/mol. The molecule has 0 spiro atoms. The summed E-state index contributed by atoms with van der Waals surface area (Å²) < 4.78 is 0. The predicted molar refractivity (Wildman–Crippen MR) is 79.6 cm³/mol. The van der Waals surface area contributed by atoms with Gasteiger partial charge in [-0.3, -0.25) is 4.79 Å². The molecule has 0 aliphatic heterocycles. The van der Waals surface area contributed by atoms with E-state index in [0.717, 1.165) is 27.7 Å². The van der Waals surface area contributed by atoms with Gasteiger partial charge in [-0.05, 0) is 24.5 Å². The van der Waals surface area contributed by atoms with Crippen molar-refractivity contribution in [3.63, 3.8) is 0 Å². The van der Waals surface area contributed by atoms with Crippen LogP contribution in [0.1, 0.15) is 28.5 Å². The Morgan fingerprint density at radius 2 is 2.30 bits per heavy atom. The Morgan fingerprint density at radius 3 is 3.05 bits per heavy atom. The molecule has 0 bridgehead atoms. The lowest BCUT2D eigenvalue weighted by Gasteiger charge is -2.05. The SMILES string of the molecule is O=C(O)C1CCc2sc(NCc3ccccc3Cl)nc21. The maximum Gasteiger partial charge on any atom is 0.312 e. The van der Waals surface area contributed by atoms with E-state index in [1.807, 2.05) is 24.3 Å². The number of fused-ring (bicyclic) bond motifs is 1. The summed E-state index contributed by atoms with van der Waals surface area (Å²) in [7, 11) is 0. The lowest BCUT2D eigenvalue weighted by Crippen LogP contribution is -2.09. The number of rotatable bonds is 4. The molecule has 1 aliphatic rings. The first-order chi connectivity index (χ1) is 9.65. The van der Waals surface area contributed by atoms with Gasteiger partial charge in [-0.2, -0.15) is 0 Å². The number of thiazole rings is 1. The summed E-state index contributed by atoms with van der Waals surface area (Å²) in [4.78, 5) is 16.6. The highest BCUT2D eigenvalue weighted by Crippen LogP contribution is 2.38. The van der Waals surface area contributed by atoms with E-state index < -0.39 is 11.9 Å². The van der Waals surface area contributed by atoms with Crippen LogP contribution < -0.4 is 5.32 Å². The van der Waals surface area contributed by atoms with Crippen molar-refractivity contribution in [3.05, 3.63) is 45.4 Å². The number of halogens is 1. The fourth-order valence-electron chi connectivity index (χ4n) is 2.36. The molecule has 1 heterocycles. The van der Waals surface area contributed by atoms with E-state index in [-0.39, 0.29) is 0 Å². The standard InChI is InChI=1S/C14H13ClN2O2S/c15-10-4-2-1-3-8(10)7-16-14-17-12-9(13(18)19)5-6-11(12)20-14/h1-4,9H,5-7H2,(H,16,17)(H,18,19). The van der Waals surface area contributed by atoms with Crippen LogP contribution in [0, 0.1) is 0 Å². The van der Waals surface area contributed by atoms with Crippen molar-refractivity contribution in [2.24, 2.45) is 0 Å². The zero-order valence-electron chi connectivity index (χ0n) is 10.6. The van der Waals surface area contributed by atoms with Crippen LogP contribution in [0.3, 0.4) is 0 Å². The number of benzene rings is 1. The van der Waals surface area contributed by atoms with Crippen LogP contribution in [0.4, 0.5) is 5.13 Å². The van der Waals surface area contributed by atoms with Crippen LogP contribution in [0.5, 0.6) is 0 Å². The third kappa shape index (κ3) is 2.51. The van der Waals surface area contributed by atoms with Crippen molar-refractivity contribution in [2.45, 2.75) is 25.3 Å². The summed E-state index contributed by atoms with van der Waals surface area (Å²) in [6.45, 7) is 0.587. The minimum atomic E-state index is -0.785. The van der Waals surface area contributed by atoms with Crippen LogP contribution in [-0.4, -0.2) is 16.1 Å². The summed E-state index contributed by atoms with van der Waals surface area (Å²) in [5.41, 5.74) is 1.73. The zero-order chi connectivity index (χ0) is 14.1. The summed E-state index contributed by atoms with van der Waals surface area (Å²) >= 11 is 7.64. The number of aliphatic carboxylic acids is 1. The molecular weight excluding hydrogens is 296 g/mol. The first-order valence-electron chi connectivity index (χ1n) is 6.35. The summed E-state index contributed by atoms with van der Waals surface area (Å²) in [5.74, 6) is -1.23. The molecule has 104 valence electrons. The highest BCUT2D eigenvalue weighted by molar-refractivity contribution is 7.15. The van der Waals surface area contributed by atoms with E-state index in [4.69, 9.17) is 16.7 Å². The molecule has 4 nitrogen and oxygen atoms in total. The van der Waals surface area contributed by atoms with Gasteiger partial charge in [0.05, 0.1) is 5.69 Å². The highest BCUT2D eigenvalue weighted by atomic mass is 35.5. The van der Waals surface area contributed by atoms with Crippen molar-refractivity contribution in [1.29, 1.82) is 0 Å². The summed E-state index contributed by atoms with van der Waals surface area (Å²) in [6, 6.07) is 7.63.